The second-order valence-corrected chi connectivity index (χ2v) is 4.96. The molecule has 0 spiro atoms. The molecule has 0 aromatic carbocycles. The first-order valence-corrected chi connectivity index (χ1v) is 6.70. The van der Waals surface area contributed by atoms with E-state index >= 15 is 0 Å². The number of alkyl halides is 3. The molecule has 0 fully saturated rings. The Balaban J connectivity index is 2.60. The zero-order chi connectivity index (χ0) is 17.4. The number of aryl methyl sites for hydroxylation is 1. The van der Waals surface area contributed by atoms with Crippen molar-refractivity contribution < 1.29 is 27.9 Å². The van der Waals surface area contributed by atoms with E-state index in [1.165, 1.54) is 13.1 Å². The average Bonchev–Trinajstić information content (AvgIpc) is 2.82. The van der Waals surface area contributed by atoms with Crippen molar-refractivity contribution in [3.05, 3.63) is 35.3 Å². The van der Waals surface area contributed by atoms with E-state index in [9.17, 15) is 22.8 Å². The molecule has 2 rings (SSSR count). The van der Waals surface area contributed by atoms with Gasteiger partial charge >= 0.3 is 12.1 Å². The number of carboxylic acids is 1. The average molecular weight is 329 g/mol. The molecule has 0 saturated heterocycles. The summed E-state index contributed by atoms with van der Waals surface area (Å²) in [6.45, 7) is 1.15. The number of carbonyl (C=O) groups is 2. The molecular formula is C14H14F3N3O3. The maximum atomic E-state index is 12.9. The first-order valence-electron chi connectivity index (χ1n) is 6.70. The Morgan fingerprint density at radius 3 is 2.52 bits per heavy atom. The minimum atomic E-state index is -4.56. The summed E-state index contributed by atoms with van der Waals surface area (Å²) in [6, 6.07) is 2.06. The summed E-state index contributed by atoms with van der Waals surface area (Å²) in [7, 11) is 1.27. The number of likely N-dealkylation sites (N-methyl/N-ethyl adjacent to an activating group) is 1. The zero-order valence-electron chi connectivity index (χ0n) is 12.4. The first-order chi connectivity index (χ1) is 10.6. The molecule has 0 unspecified atom stereocenters. The fourth-order valence-electron chi connectivity index (χ4n) is 2.19. The summed E-state index contributed by atoms with van der Waals surface area (Å²) >= 11 is 0. The number of nitrogens with zero attached hydrogens (tertiary/aromatic N) is 3. The maximum Gasteiger partial charge on any atom is 0.417 e. The molecule has 0 radical (unpaired) electrons. The summed E-state index contributed by atoms with van der Waals surface area (Å²) in [4.78, 5) is 28.2. The smallest absolute Gasteiger partial charge is 0.417 e. The number of rotatable bonds is 4. The minimum Gasteiger partial charge on any atom is -0.480 e. The Morgan fingerprint density at radius 2 is 2.00 bits per heavy atom. The van der Waals surface area contributed by atoms with Crippen LogP contribution in [0.5, 0.6) is 0 Å². The van der Waals surface area contributed by atoms with Gasteiger partial charge in [-0.15, -0.1) is 0 Å². The molecule has 6 nitrogen and oxygen atoms in total. The van der Waals surface area contributed by atoms with Crippen molar-refractivity contribution in [2.75, 3.05) is 13.6 Å². The van der Waals surface area contributed by atoms with Crippen LogP contribution in [0, 0.1) is 0 Å². The van der Waals surface area contributed by atoms with Gasteiger partial charge in [0, 0.05) is 13.2 Å². The van der Waals surface area contributed by atoms with Crippen LogP contribution in [0.4, 0.5) is 13.2 Å². The number of hydrogen-bond donors (Lipinski definition) is 1. The number of carboxylic acid groups (broad SMARTS) is 1. The summed E-state index contributed by atoms with van der Waals surface area (Å²) in [5.41, 5.74) is -0.467. The van der Waals surface area contributed by atoms with Crippen LogP contribution in [0.1, 0.15) is 28.7 Å². The second-order valence-electron chi connectivity index (χ2n) is 4.96. The van der Waals surface area contributed by atoms with Crippen LogP contribution < -0.4 is 0 Å². The van der Waals surface area contributed by atoms with Crippen molar-refractivity contribution >= 4 is 17.5 Å². The molecule has 1 N–H and O–H groups in total. The Bertz CT molecular complexity index is 768. The molecule has 124 valence electrons. The highest BCUT2D eigenvalue weighted by Gasteiger charge is 2.32. The fourth-order valence-corrected chi connectivity index (χ4v) is 2.19. The lowest BCUT2D eigenvalue weighted by molar-refractivity contribution is -0.138. The SMILES string of the molecule is CCc1nc2ccc(C(F)(F)F)cn2c1C(=O)N(C)CC(=O)O. The van der Waals surface area contributed by atoms with Crippen molar-refractivity contribution in [1.29, 1.82) is 0 Å². The maximum absolute atomic E-state index is 12.9. The van der Waals surface area contributed by atoms with Gasteiger partial charge in [-0.3, -0.25) is 14.0 Å². The van der Waals surface area contributed by atoms with Crippen molar-refractivity contribution in [1.82, 2.24) is 14.3 Å². The molecule has 1 amide bonds. The van der Waals surface area contributed by atoms with Gasteiger partial charge in [0.15, 0.2) is 0 Å². The third-order valence-electron chi connectivity index (χ3n) is 3.27. The van der Waals surface area contributed by atoms with Crippen LogP contribution in [-0.4, -0.2) is 44.9 Å². The van der Waals surface area contributed by atoms with E-state index in [1.54, 1.807) is 6.92 Å². The van der Waals surface area contributed by atoms with Crippen LogP contribution >= 0.6 is 0 Å². The van der Waals surface area contributed by atoms with Gasteiger partial charge in [-0.1, -0.05) is 6.92 Å². The minimum absolute atomic E-state index is 0.0580. The molecule has 0 aliphatic rings. The Labute approximate surface area is 129 Å². The molecular weight excluding hydrogens is 315 g/mol. The number of pyridine rings is 1. The van der Waals surface area contributed by atoms with E-state index < -0.39 is 30.2 Å². The lowest BCUT2D eigenvalue weighted by Crippen LogP contribution is -2.33. The molecule has 0 atom stereocenters. The van der Waals surface area contributed by atoms with Crippen molar-refractivity contribution in [2.45, 2.75) is 19.5 Å². The van der Waals surface area contributed by atoms with E-state index in [-0.39, 0.29) is 11.3 Å². The molecule has 2 aromatic heterocycles. The van der Waals surface area contributed by atoms with E-state index in [4.69, 9.17) is 5.11 Å². The molecule has 23 heavy (non-hydrogen) atoms. The van der Waals surface area contributed by atoms with Crippen molar-refractivity contribution in [3.8, 4) is 0 Å². The summed E-state index contributed by atoms with van der Waals surface area (Å²) in [5, 5.41) is 8.76. The summed E-state index contributed by atoms with van der Waals surface area (Å²) in [5.74, 6) is -1.92. The van der Waals surface area contributed by atoms with Gasteiger partial charge in [0.05, 0.1) is 11.3 Å². The van der Waals surface area contributed by atoms with Crippen LogP contribution in [0.15, 0.2) is 18.3 Å². The predicted molar refractivity (Wildman–Crippen MR) is 74.2 cm³/mol. The highest BCUT2D eigenvalue weighted by atomic mass is 19.4. The van der Waals surface area contributed by atoms with E-state index in [0.29, 0.717) is 12.1 Å². The van der Waals surface area contributed by atoms with Gasteiger partial charge in [0.1, 0.15) is 17.9 Å². The Kier molecular flexibility index (Phi) is 4.31. The largest absolute Gasteiger partial charge is 0.480 e. The van der Waals surface area contributed by atoms with Crippen LogP contribution in [-0.2, 0) is 17.4 Å². The molecule has 0 aliphatic heterocycles. The predicted octanol–water partition coefficient (Wildman–Crippen LogP) is 2.07. The third kappa shape index (κ3) is 3.27. The van der Waals surface area contributed by atoms with Gasteiger partial charge in [-0.2, -0.15) is 13.2 Å². The number of hydrogen-bond acceptors (Lipinski definition) is 3. The van der Waals surface area contributed by atoms with Crippen molar-refractivity contribution in [2.24, 2.45) is 0 Å². The quantitative estimate of drug-likeness (QED) is 0.932. The molecule has 2 heterocycles. The standard InChI is InChI=1S/C14H14F3N3O3/c1-3-9-12(13(23)19(2)7-11(21)22)20-6-8(14(15,16)17)4-5-10(20)18-9/h4-6H,3,7H2,1-2H3,(H,21,22). The molecule has 0 bridgehead atoms. The number of aromatic nitrogens is 2. The Hall–Kier alpha value is -2.58. The highest BCUT2D eigenvalue weighted by molar-refractivity contribution is 5.96. The number of carbonyl (C=O) groups excluding carboxylic acids is 1. The number of amides is 1. The van der Waals surface area contributed by atoms with Crippen molar-refractivity contribution in [3.63, 3.8) is 0 Å². The zero-order valence-corrected chi connectivity index (χ0v) is 12.4. The topological polar surface area (TPSA) is 74.9 Å². The lowest BCUT2D eigenvalue weighted by Gasteiger charge is -2.15. The third-order valence-corrected chi connectivity index (χ3v) is 3.27. The molecule has 2 aromatic rings. The van der Waals surface area contributed by atoms with E-state index in [1.807, 2.05) is 0 Å². The second kappa shape index (κ2) is 5.90. The number of fused-ring (bicyclic) bond motifs is 1. The van der Waals surface area contributed by atoms with Gasteiger partial charge in [-0.25, -0.2) is 4.98 Å². The number of halogens is 3. The number of aliphatic carboxylic acids is 1. The van der Waals surface area contributed by atoms with Gasteiger partial charge in [-0.05, 0) is 18.6 Å². The fraction of sp³-hybridized carbons (Fsp3) is 0.357. The van der Waals surface area contributed by atoms with Crippen LogP contribution in [0.3, 0.4) is 0 Å². The van der Waals surface area contributed by atoms with Gasteiger partial charge < -0.3 is 10.0 Å². The monoisotopic (exact) mass is 329 g/mol. The van der Waals surface area contributed by atoms with E-state index in [2.05, 4.69) is 4.98 Å². The van der Waals surface area contributed by atoms with Crippen LogP contribution in [0.25, 0.3) is 5.65 Å². The normalized spacial score (nSPS) is 11.7. The van der Waals surface area contributed by atoms with Gasteiger partial charge in [0.2, 0.25) is 0 Å². The highest BCUT2D eigenvalue weighted by Crippen LogP contribution is 2.30. The molecule has 0 saturated carbocycles. The summed E-state index contributed by atoms with van der Waals surface area (Å²) < 4.78 is 39.6. The number of imidazole rings is 1. The Morgan fingerprint density at radius 1 is 1.35 bits per heavy atom. The molecule has 0 aliphatic carbocycles. The first kappa shape index (κ1) is 16.8. The molecule has 9 heteroatoms. The van der Waals surface area contributed by atoms with E-state index in [0.717, 1.165) is 21.6 Å². The van der Waals surface area contributed by atoms with Gasteiger partial charge in [0.25, 0.3) is 5.91 Å². The van der Waals surface area contributed by atoms with Crippen LogP contribution in [0.2, 0.25) is 0 Å². The summed E-state index contributed by atoms with van der Waals surface area (Å²) in [6.07, 6.45) is -3.44. The lowest BCUT2D eigenvalue weighted by atomic mass is 10.2.